The van der Waals surface area contributed by atoms with Crippen LogP contribution in [0.3, 0.4) is 0 Å². The van der Waals surface area contributed by atoms with Crippen LogP contribution in [0.15, 0.2) is 0 Å². The molecule has 1 aliphatic carbocycles. The fourth-order valence-corrected chi connectivity index (χ4v) is 4.40. The van der Waals surface area contributed by atoms with E-state index < -0.39 is 30.6 Å². The van der Waals surface area contributed by atoms with E-state index in [1.54, 1.807) is 7.11 Å². The lowest BCUT2D eigenvalue weighted by Crippen LogP contribution is -2.57. The van der Waals surface area contributed by atoms with Gasteiger partial charge in [-0.1, -0.05) is 6.92 Å². The van der Waals surface area contributed by atoms with E-state index in [1.807, 2.05) is 13.8 Å². The zero-order chi connectivity index (χ0) is 17.8. The van der Waals surface area contributed by atoms with Crippen LogP contribution >= 0.6 is 0 Å². The van der Waals surface area contributed by atoms with Gasteiger partial charge in [0.2, 0.25) is 0 Å². The summed E-state index contributed by atoms with van der Waals surface area (Å²) in [6, 6.07) is 0. The van der Waals surface area contributed by atoms with E-state index in [-0.39, 0.29) is 30.1 Å². The van der Waals surface area contributed by atoms with Gasteiger partial charge in [-0.05, 0) is 25.7 Å². The van der Waals surface area contributed by atoms with Crippen molar-refractivity contribution in [2.75, 3.05) is 26.9 Å². The van der Waals surface area contributed by atoms with Crippen molar-refractivity contribution in [2.45, 2.75) is 62.4 Å². The number of hydrogen-bond donors (Lipinski definition) is 1. The first-order valence-electron chi connectivity index (χ1n) is 8.30. The predicted molar refractivity (Wildman–Crippen MR) is 77.5 cm³/mol. The number of aliphatic hydroxyl groups excluding tert-OH is 1. The molecule has 0 radical (unpaired) electrons. The highest BCUT2D eigenvalue weighted by Gasteiger charge is 2.72. The Bertz CT molecular complexity index is 467. The molecule has 3 rings (SSSR count). The van der Waals surface area contributed by atoms with Gasteiger partial charge < -0.3 is 24.1 Å². The fourth-order valence-electron chi connectivity index (χ4n) is 4.40. The summed E-state index contributed by atoms with van der Waals surface area (Å²) in [7, 11) is 1.56. The van der Waals surface area contributed by atoms with Crippen LogP contribution in [0.5, 0.6) is 0 Å². The number of ether oxygens (including phenoxy) is 4. The number of aliphatic hydroxyl groups is 1. The van der Waals surface area contributed by atoms with Crippen molar-refractivity contribution in [1.82, 2.24) is 0 Å². The smallest absolute Gasteiger partial charge is 0.390 e. The number of rotatable bonds is 6. The summed E-state index contributed by atoms with van der Waals surface area (Å²) in [6.45, 7) is 3.23. The van der Waals surface area contributed by atoms with Crippen LogP contribution < -0.4 is 0 Å². The highest BCUT2D eigenvalue weighted by atomic mass is 19.4. The Labute approximate surface area is 139 Å². The lowest BCUT2D eigenvalue weighted by Gasteiger charge is -2.44. The average molecular weight is 354 g/mol. The first kappa shape index (κ1) is 18.4. The van der Waals surface area contributed by atoms with Crippen LogP contribution in [0.4, 0.5) is 13.2 Å². The van der Waals surface area contributed by atoms with Gasteiger partial charge in [0.1, 0.15) is 17.8 Å². The van der Waals surface area contributed by atoms with Crippen molar-refractivity contribution in [3.05, 3.63) is 0 Å². The third-order valence-electron chi connectivity index (χ3n) is 5.66. The Hall–Kier alpha value is -0.410. The Kier molecular flexibility index (Phi) is 4.66. The monoisotopic (exact) mass is 354 g/mol. The normalized spacial score (nSPS) is 47.9. The van der Waals surface area contributed by atoms with E-state index in [2.05, 4.69) is 4.74 Å². The lowest BCUT2D eigenvalue weighted by atomic mass is 9.65. The molecule has 2 aliphatic heterocycles. The highest BCUT2D eigenvalue weighted by Crippen LogP contribution is 2.60. The molecule has 24 heavy (non-hydrogen) atoms. The fraction of sp³-hybridized carbons (Fsp3) is 1.00. The molecule has 0 unspecified atom stereocenters. The predicted octanol–water partition coefficient (Wildman–Crippen LogP) is 1.91. The standard InChI is InChI=1S/C16H25F3O5/c1-9-6-15(7-23-15)13(12(21-3)11(9)20)14(2)10(24-14)4-5-22-8-16(17,18)19/h9-13,20H,4-8H2,1-3H3/t9-,10-,11-,12-,13-,14+,15+/m1/s1. The minimum absolute atomic E-state index is 0.0169. The first-order valence-corrected chi connectivity index (χ1v) is 8.30. The van der Waals surface area contributed by atoms with Crippen LogP contribution in [0.1, 0.15) is 26.7 Å². The Balaban J connectivity index is 1.61. The number of epoxide rings is 2. The van der Waals surface area contributed by atoms with Gasteiger partial charge in [-0.3, -0.25) is 0 Å². The van der Waals surface area contributed by atoms with Gasteiger partial charge in [-0.25, -0.2) is 0 Å². The maximum atomic E-state index is 12.1. The van der Waals surface area contributed by atoms with Crippen molar-refractivity contribution in [3.63, 3.8) is 0 Å². The summed E-state index contributed by atoms with van der Waals surface area (Å²) in [5.41, 5.74) is -0.921. The number of methoxy groups -OCH3 is 1. The van der Waals surface area contributed by atoms with Crippen molar-refractivity contribution in [1.29, 1.82) is 0 Å². The van der Waals surface area contributed by atoms with Crippen molar-refractivity contribution >= 4 is 0 Å². The molecule has 3 fully saturated rings. The Morgan fingerprint density at radius 3 is 2.54 bits per heavy atom. The second kappa shape index (κ2) is 6.09. The maximum absolute atomic E-state index is 12.1. The van der Waals surface area contributed by atoms with Crippen LogP contribution in [-0.2, 0) is 18.9 Å². The van der Waals surface area contributed by atoms with Gasteiger partial charge in [0.15, 0.2) is 0 Å². The highest BCUT2D eigenvalue weighted by molar-refractivity contribution is 5.20. The molecule has 1 spiro atoms. The van der Waals surface area contributed by atoms with Gasteiger partial charge in [-0.15, -0.1) is 0 Å². The molecule has 0 bridgehead atoms. The molecule has 140 valence electrons. The topological polar surface area (TPSA) is 63.8 Å². The van der Waals surface area contributed by atoms with E-state index in [9.17, 15) is 18.3 Å². The largest absolute Gasteiger partial charge is 0.411 e. The molecule has 7 atom stereocenters. The number of hydrogen-bond acceptors (Lipinski definition) is 5. The summed E-state index contributed by atoms with van der Waals surface area (Å²) in [5, 5.41) is 10.5. The maximum Gasteiger partial charge on any atom is 0.411 e. The first-order chi connectivity index (χ1) is 11.1. The molecule has 5 nitrogen and oxygen atoms in total. The molecule has 1 N–H and O–H groups in total. The zero-order valence-corrected chi connectivity index (χ0v) is 14.1. The van der Waals surface area contributed by atoms with Crippen molar-refractivity contribution < 1.29 is 37.2 Å². The second-order valence-electron chi connectivity index (χ2n) is 7.45. The molecular formula is C16H25F3O5. The van der Waals surface area contributed by atoms with Crippen LogP contribution in [-0.4, -0.2) is 67.7 Å². The minimum Gasteiger partial charge on any atom is -0.390 e. The third kappa shape index (κ3) is 3.31. The summed E-state index contributed by atoms with van der Waals surface area (Å²) in [6.07, 6.45) is -4.45. The van der Waals surface area contributed by atoms with Gasteiger partial charge in [-0.2, -0.15) is 13.2 Å². The summed E-state index contributed by atoms with van der Waals surface area (Å²) in [4.78, 5) is 0. The molecule has 0 amide bonds. The third-order valence-corrected chi connectivity index (χ3v) is 5.66. The molecule has 0 aromatic carbocycles. The van der Waals surface area contributed by atoms with E-state index in [0.29, 0.717) is 13.0 Å². The Morgan fingerprint density at radius 1 is 1.33 bits per heavy atom. The van der Waals surface area contributed by atoms with Gasteiger partial charge in [0, 0.05) is 13.7 Å². The molecule has 2 heterocycles. The molecule has 8 heteroatoms. The lowest BCUT2D eigenvalue weighted by molar-refractivity contribution is -0.174. The molecule has 1 saturated carbocycles. The molecule has 0 aromatic heterocycles. The molecule has 0 aromatic rings. The van der Waals surface area contributed by atoms with Crippen LogP contribution in [0.25, 0.3) is 0 Å². The van der Waals surface area contributed by atoms with E-state index in [0.717, 1.165) is 6.42 Å². The molecule has 3 aliphatic rings. The number of alkyl halides is 3. The van der Waals surface area contributed by atoms with Crippen molar-refractivity contribution in [2.24, 2.45) is 11.8 Å². The minimum atomic E-state index is -4.32. The van der Waals surface area contributed by atoms with E-state index >= 15 is 0 Å². The molecule has 2 saturated heterocycles. The van der Waals surface area contributed by atoms with Gasteiger partial charge in [0.05, 0.1) is 30.8 Å². The SMILES string of the molecule is CO[C@@H]1[C@H](O)[C@H](C)C[C@]2(CO2)[C@H]1[C@@]1(C)O[C@@H]1CCOCC(F)(F)F. The van der Waals surface area contributed by atoms with Gasteiger partial charge >= 0.3 is 6.18 Å². The Morgan fingerprint density at radius 2 is 2.00 bits per heavy atom. The summed E-state index contributed by atoms with van der Waals surface area (Å²) < 4.78 is 58.1. The summed E-state index contributed by atoms with van der Waals surface area (Å²) in [5.74, 6) is -0.0848. The average Bonchev–Trinajstić information content (AvgIpc) is 3.37. The second-order valence-corrected chi connectivity index (χ2v) is 7.45. The van der Waals surface area contributed by atoms with Crippen LogP contribution in [0.2, 0.25) is 0 Å². The van der Waals surface area contributed by atoms with Crippen LogP contribution in [0, 0.1) is 11.8 Å². The van der Waals surface area contributed by atoms with Crippen molar-refractivity contribution in [3.8, 4) is 0 Å². The number of halogens is 3. The molecular weight excluding hydrogens is 329 g/mol. The quantitative estimate of drug-likeness (QED) is 0.583. The summed E-state index contributed by atoms with van der Waals surface area (Å²) >= 11 is 0. The van der Waals surface area contributed by atoms with Gasteiger partial charge in [0.25, 0.3) is 0 Å². The van der Waals surface area contributed by atoms with E-state index in [4.69, 9.17) is 14.2 Å². The zero-order valence-electron chi connectivity index (χ0n) is 14.1. The van der Waals surface area contributed by atoms with E-state index in [1.165, 1.54) is 0 Å².